The average Bonchev–Trinajstić information content (AvgIpc) is 2.73. The van der Waals surface area contributed by atoms with Gasteiger partial charge in [0, 0.05) is 40.7 Å². The lowest BCUT2D eigenvalue weighted by atomic mass is 10.0. The van der Waals surface area contributed by atoms with E-state index in [0.717, 1.165) is 38.3 Å². The third-order valence-electron chi connectivity index (χ3n) is 4.39. The molecule has 0 unspecified atom stereocenters. The Morgan fingerprint density at radius 1 is 1.00 bits per heavy atom. The van der Waals surface area contributed by atoms with Gasteiger partial charge in [-0.05, 0) is 37.1 Å². The number of fused-ring (bicyclic) bond motifs is 1. The molecule has 30 heavy (non-hydrogen) atoms. The number of aromatic nitrogens is 3. The number of hydrogen-bond acceptors (Lipinski definition) is 6. The van der Waals surface area contributed by atoms with Crippen LogP contribution in [-0.4, -0.2) is 22.1 Å². The Kier molecular flexibility index (Phi) is 6.20. The van der Waals surface area contributed by atoms with Gasteiger partial charge in [-0.3, -0.25) is 4.98 Å². The molecular weight excluding hydrogens is 463 g/mol. The van der Waals surface area contributed by atoms with Crippen molar-refractivity contribution in [3.05, 3.63) is 69.7 Å². The van der Waals surface area contributed by atoms with Crippen LogP contribution in [0.25, 0.3) is 22.0 Å². The monoisotopic (exact) mass is 476 g/mol. The molecule has 0 saturated carbocycles. The molecule has 0 fully saturated rings. The normalized spacial score (nSPS) is 11.0. The van der Waals surface area contributed by atoms with Crippen molar-refractivity contribution in [1.29, 1.82) is 0 Å². The first kappa shape index (κ1) is 21.0. The van der Waals surface area contributed by atoms with E-state index in [1.165, 1.54) is 18.1 Å². The molecule has 0 saturated heterocycles. The molecule has 0 bridgehead atoms. The molecule has 0 radical (unpaired) electrons. The summed E-state index contributed by atoms with van der Waals surface area (Å²) in [6.07, 6.45) is 3.24. The Morgan fingerprint density at radius 3 is 2.63 bits per heavy atom. The molecule has 0 amide bonds. The number of benzene rings is 1. The number of methoxy groups -OCH3 is 1. The summed E-state index contributed by atoms with van der Waals surface area (Å²) >= 11 is 20.1. The first-order valence-electron chi connectivity index (χ1n) is 8.80. The topological polar surface area (TPSA) is 59.9 Å². The third-order valence-corrected chi connectivity index (χ3v) is 6.05. The molecule has 152 valence electrons. The molecule has 9 heteroatoms. The van der Waals surface area contributed by atoms with Crippen LogP contribution in [0.15, 0.2) is 53.7 Å². The van der Waals surface area contributed by atoms with E-state index in [2.05, 4.69) is 19.7 Å². The quantitative estimate of drug-likeness (QED) is 0.244. The van der Waals surface area contributed by atoms with Crippen molar-refractivity contribution < 1.29 is 4.74 Å². The highest BCUT2D eigenvalue weighted by molar-refractivity contribution is 8.00. The van der Waals surface area contributed by atoms with Crippen molar-refractivity contribution in [2.45, 2.75) is 11.8 Å². The highest BCUT2D eigenvalue weighted by Crippen LogP contribution is 2.39. The molecule has 0 aliphatic rings. The molecule has 4 rings (SSSR count). The summed E-state index contributed by atoms with van der Waals surface area (Å²) in [5, 5.41) is 2.39. The van der Waals surface area contributed by atoms with Gasteiger partial charge in [-0.25, -0.2) is 9.97 Å². The van der Waals surface area contributed by atoms with Crippen LogP contribution >= 0.6 is 46.8 Å². The second-order valence-electron chi connectivity index (χ2n) is 6.35. The largest absolute Gasteiger partial charge is 0.480 e. The Morgan fingerprint density at radius 2 is 1.83 bits per heavy atom. The molecular formula is C21H15Cl3N4OS. The van der Waals surface area contributed by atoms with Gasteiger partial charge >= 0.3 is 0 Å². The highest BCUT2D eigenvalue weighted by Gasteiger charge is 2.14. The number of nitrogens with one attached hydrogen (secondary N) is 1. The smallest absolute Gasteiger partial charge is 0.228 e. The van der Waals surface area contributed by atoms with Crippen LogP contribution in [0.1, 0.15) is 5.69 Å². The number of halogens is 3. The average molecular weight is 478 g/mol. The number of hydrogen-bond donors (Lipinski definition) is 1. The summed E-state index contributed by atoms with van der Waals surface area (Å²) in [4.78, 5) is 13.7. The molecule has 0 aliphatic heterocycles. The van der Waals surface area contributed by atoms with Gasteiger partial charge in [0.1, 0.15) is 5.15 Å². The number of ether oxygens (including phenoxy) is 1. The summed E-state index contributed by atoms with van der Waals surface area (Å²) in [6.45, 7) is 1.94. The summed E-state index contributed by atoms with van der Waals surface area (Å²) in [7, 11) is 1.56. The second-order valence-corrected chi connectivity index (χ2v) is 8.40. The third kappa shape index (κ3) is 4.27. The second kappa shape index (κ2) is 8.86. The SMILES string of the molecule is COc1ncc(Cl)cc1SNc1cccc(-c2cc3cnc(Cl)cc3nc2C)c1Cl. The van der Waals surface area contributed by atoms with Crippen molar-refractivity contribution >= 4 is 63.3 Å². The van der Waals surface area contributed by atoms with E-state index >= 15 is 0 Å². The summed E-state index contributed by atoms with van der Waals surface area (Å²) in [5.74, 6) is 0.477. The first-order valence-corrected chi connectivity index (χ1v) is 10.8. The van der Waals surface area contributed by atoms with Crippen LogP contribution in [0.3, 0.4) is 0 Å². The van der Waals surface area contributed by atoms with Gasteiger partial charge in [0.15, 0.2) is 0 Å². The Labute approximate surface area is 192 Å². The molecule has 1 N–H and O–H groups in total. The van der Waals surface area contributed by atoms with E-state index in [4.69, 9.17) is 39.5 Å². The van der Waals surface area contributed by atoms with Crippen LogP contribution in [0.2, 0.25) is 15.2 Å². The van der Waals surface area contributed by atoms with E-state index in [-0.39, 0.29) is 0 Å². The van der Waals surface area contributed by atoms with Crippen LogP contribution in [0, 0.1) is 6.92 Å². The van der Waals surface area contributed by atoms with Gasteiger partial charge in [-0.15, -0.1) is 0 Å². The minimum absolute atomic E-state index is 0.411. The van der Waals surface area contributed by atoms with Gasteiger partial charge in [-0.2, -0.15) is 0 Å². The van der Waals surface area contributed by atoms with E-state index in [0.29, 0.717) is 21.1 Å². The standard InChI is InChI=1S/C21H15Cl3N4OS/c1-11-15(6-12-9-25-19(23)8-17(12)27-11)14-4-3-5-16(20(14)24)28-30-18-7-13(22)10-26-21(18)29-2/h3-10,28H,1-2H3. The van der Waals surface area contributed by atoms with Crippen molar-refractivity contribution in [2.75, 3.05) is 11.8 Å². The molecule has 3 heterocycles. The zero-order chi connectivity index (χ0) is 21.3. The van der Waals surface area contributed by atoms with Crippen molar-refractivity contribution in [3.8, 4) is 17.0 Å². The number of aryl methyl sites for hydroxylation is 1. The summed E-state index contributed by atoms with van der Waals surface area (Å²) in [5.41, 5.74) is 4.16. The molecule has 4 aromatic rings. The van der Waals surface area contributed by atoms with Gasteiger partial charge in [0.25, 0.3) is 0 Å². The molecule has 0 aliphatic carbocycles. The maximum Gasteiger partial charge on any atom is 0.228 e. The predicted molar refractivity (Wildman–Crippen MR) is 125 cm³/mol. The minimum Gasteiger partial charge on any atom is -0.480 e. The number of pyridine rings is 3. The number of rotatable bonds is 5. The van der Waals surface area contributed by atoms with Crippen LogP contribution in [0.4, 0.5) is 5.69 Å². The minimum atomic E-state index is 0.411. The van der Waals surface area contributed by atoms with Gasteiger partial charge in [0.2, 0.25) is 5.88 Å². The zero-order valence-corrected chi connectivity index (χ0v) is 19.0. The summed E-state index contributed by atoms with van der Waals surface area (Å²) in [6, 6.07) is 11.3. The zero-order valence-electron chi connectivity index (χ0n) is 15.9. The maximum absolute atomic E-state index is 6.75. The van der Waals surface area contributed by atoms with E-state index < -0.39 is 0 Å². The lowest BCUT2D eigenvalue weighted by Gasteiger charge is -2.14. The fourth-order valence-corrected chi connectivity index (χ4v) is 4.48. The highest BCUT2D eigenvalue weighted by atomic mass is 35.5. The van der Waals surface area contributed by atoms with Crippen molar-refractivity contribution in [3.63, 3.8) is 0 Å². The van der Waals surface area contributed by atoms with Gasteiger partial charge in [0.05, 0.1) is 33.3 Å². The van der Waals surface area contributed by atoms with E-state index in [1.54, 1.807) is 25.4 Å². The fraction of sp³-hybridized carbons (Fsp3) is 0.0952. The fourth-order valence-electron chi connectivity index (χ4n) is 2.98. The van der Waals surface area contributed by atoms with Crippen molar-refractivity contribution in [1.82, 2.24) is 15.0 Å². The molecule has 3 aromatic heterocycles. The van der Waals surface area contributed by atoms with Gasteiger partial charge in [-0.1, -0.05) is 46.9 Å². The predicted octanol–water partition coefficient (Wildman–Crippen LogP) is 7.09. The maximum atomic E-state index is 6.75. The molecule has 0 spiro atoms. The molecule has 0 atom stereocenters. The van der Waals surface area contributed by atoms with Crippen LogP contribution in [0.5, 0.6) is 5.88 Å². The Hall–Kier alpha value is -2.25. The first-order chi connectivity index (χ1) is 14.5. The Balaban J connectivity index is 1.69. The van der Waals surface area contributed by atoms with Gasteiger partial charge < -0.3 is 9.46 Å². The molecule has 5 nitrogen and oxygen atoms in total. The van der Waals surface area contributed by atoms with E-state index in [9.17, 15) is 0 Å². The number of anilines is 1. The lowest BCUT2D eigenvalue weighted by molar-refractivity contribution is 0.387. The Bertz CT molecular complexity index is 1250. The summed E-state index contributed by atoms with van der Waals surface area (Å²) < 4.78 is 8.55. The van der Waals surface area contributed by atoms with Crippen molar-refractivity contribution in [2.24, 2.45) is 0 Å². The van der Waals surface area contributed by atoms with Crippen LogP contribution < -0.4 is 9.46 Å². The van der Waals surface area contributed by atoms with Crippen LogP contribution in [-0.2, 0) is 0 Å². The van der Waals surface area contributed by atoms with E-state index in [1.807, 2.05) is 31.2 Å². The molecule has 1 aromatic carbocycles. The number of nitrogens with zero attached hydrogens (tertiary/aromatic N) is 3. The lowest BCUT2D eigenvalue weighted by Crippen LogP contribution is -1.95.